The van der Waals surface area contributed by atoms with Crippen molar-refractivity contribution in [1.29, 1.82) is 0 Å². The monoisotopic (exact) mass is 374 g/mol. The molecule has 0 unspecified atom stereocenters. The highest BCUT2D eigenvalue weighted by molar-refractivity contribution is 6.01. The highest BCUT2D eigenvalue weighted by Gasteiger charge is 2.35. The molecule has 0 spiro atoms. The number of carbonyl (C=O) groups excluding carboxylic acids is 1. The Morgan fingerprint density at radius 3 is 2.64 bits per heavy atom. The Hall–Kier alpha value is -2.92. The van der Waals surface area contributed by atoms with Gasteiger partial charge in [0.1, 0.15) is 0 Å². The number of piperidine rings is 1. The van der Waals surface area contributed by atoms with Crippen molar-refractivity contribution in [3.05, 3.63) is 72.6 Å². The van der Waals surface area contributed by atoms with Gasteiger partial charge in [0.25, 0.3) is 0 Å². The predicted molar refractivity (Wildman–Crippen MR) is 114 cm³/mol. The van der Waals surface area contributed by atoms with Gasteiger partial charge in [0.2, 0.25) is 0 Å². The number of carbonyl (C=O) groups is 1. The maximum absolute atomic E-state index is 12.7. The van der Waals surface area contributed by atoms with E-state index in [0.717, 1.165) is 42.4 Å². The minimum absolute atomic E-state index is 0.0201. The summed E-state index contributed by atoms with van der Waals surface area (Å²) >= 11 is 0. The largest absolute Gasteiger partial charge is 0.337 e. The molecule has 2 amide bonds. The molecule has 1 aliphatic rings. The summed E-state index contributed by atoms with van der Waals surface area (Å²) in [5, 5.41) is 8.15. The Balaban J connectivity index is 1.49. The lowest BCUT2D eigenvalue weighted by Gasteiger charge is -2.41. The molecule has 4 rings (SSSR count). The Morgan fingerprint density at radius 2 is 1.86 bits per heavy atom. The molecule has 0 saturated carbocycles. The Morgan fingerprint density at radius 1 is 1.07 bits per heavy atom. The van der Waals surface area contributed by atoms with Gasteiger partial charge in [-0.05, 0) is 50.7 Å². The van der Waals surface area contributed by atoms with Crippen LogP contribution >= 0.6 is 0 Å². The van der Waals surface area contributed by atoms with Gasteiger partial charge < -0.3 is 15.5 Å². The third kappa shape index (κ3) is 3.85. The quantitative estimate of drug-likeness (QED) is 0.725. The lowest BCUT2D eigenvalue weighted by molar-refractivity contribution is 0.183. The van der Waals surface area contributed by atoms with E-state index in [9.17, 15) is 4.79 Å². The summed E-state index contributed by atoms with van der Waals surface area (Å²) in [4.78, 5) is 19.2. The first-order valence-corrected chi connectivity index (χ1v) is 9.78. The Kier molecular flexibility index (Phi) is 5.26. The van der Waals surface area contributed by atoms with Gasteiger partial charge in [-0.2, -0.15) is 0 Å². The first-order chi connectivity index (χ1) is 13.7. The molecule has 5 heteroatoms. The van der Waals surface area contributed by atoms with Crippen molar-refractivity contribution >= 4 is 22.5 Å². The molecule has 1 aromatic heterocycles. The average Bonchev–Trinajstić information content (AvgIpc) is 2.75. The number of nitrogens with one attached hydrogen (secondary N) is 2. The smallest absolute Gasteiger partial charge is 0.319 e. The molecule has 2 heterocycles. The number of nitrogens with zero attached hydrogens (tertiary/aromatic N) is 2. The first kappa shape index (κ1) is 18.4. The summed E-state index contributed by atoms with van der Waals surface area (Å²) < 4.78 is 0. The number of benzene rings is 2. The molecule has 2 N–H and O–H groups in total. The summed E-state index contributed by atoms with van der Waals surface area (Å²) in [5.41, 5.74) is 2.09. The summed E-state index contributed by atoms with van der Waals surface area (Å²) in [5.74, 6) is 0. The van der Waals surface area contributed by atoms with E-state index in [0.29, 0.717) is 6.54 Å². The number of rotatable bonds is 4. The molecule has 3 aromatic rings. The Bertz CT molecular complexity index is 944. The minimum atomic E-state index is -0.168. The third-order valence-corrected chi connectivity index (χ3v) is 5.85. The van der Waals surface area contributed by atoms with Gasteiger partial charge in [0, 0.05) is 35.1 Å². The van der Waals surface area contributed by atoms with Crippen LogP contribution in [0.4, 0.5) is 10.5 Å². The number of fused-ring (bicyclic) bond motifs is 1. The number of anilines is 1. The number of aromatic nitrogens is 1. The average molecular weight is 374 g/mol. The summed E-state index contributed by atoms with van der Waals surface area (Å²) in [6.07, 6.45) is 5.62. The van der Waals surface area contributed by atoms with Crippen molar-refractivity contribution in [3.8, 4) is 0 Å². The van der Waals surface area contributed by atoms with Gasteiger partial charge in [-0.3, -0.25) is 4.98 Å². The van der Waals surface area contributed by atoms with Gasteiger partial charge in [-0.25, -0.2) is 4.79 Å². The van der Waals surface area contributed by atoms with E-state index in [4.69, 9.17) is 0 Å². The van der Waals surface area contributed by atoms with Crippen LogP contribution < -0.4 is 10.6 Å². The Labute approximate surface area is 165 Å². The predicted octanol–water partition coefficient (Wildman–Crippen LogP) is 4.02. The van der Waals surface area contributed by atoms with Crippen molar-refractivity contribution in [2.75, 3.05) is 32.0 Å². The van der Waals surface area contributed by atoms with Crippen LogP contribution in [-0.2, 0) is 5.41 Å². The number of amides is 2. The number of pyridine rings is 1. The van der Waals surface area contributed by atoms with Gasteiger partial charge >= 0.3 is 6.03 Å². The molecule has 5 nitrogen and oxygen atoms in total. The van der Waals surface area contributed by atoms with Crippen molar-refractivity contribution in [2.45, 2.75) is 18.3 Å². The van der Waals surface area contributed by atoms with Crippen molar-refractivity contribution in [3.63, 3.8) is 0 Å². The van der Waals surface area contributed by atoms with E-state index >= 15 is 0 Å². The van der Waals surface area contributed by atoms with Crippen molar-refractivity contribution in [2.24, 2.45) is 0 Å². The fourth-order valence-corrected chi connectivity index (χ4v) is 4.05. The topological polar surface area (TPSA) is 57.3 Å². The lowest BCUT2D eigenvalue weighted by Crippen LogP contribution is -2.48. The molecular weight excluding hydrogens is 348 g/mol. The molecule has 0 atom stereocenters. The molecule has 144 valence electrons. The second-order valence-corrected chi connectivity index (χ2v) is 7.66. The van der Waals surface area contributed by atoms with Crippen LogP contribution in [0.1, 0.15) is 18.4 Å². The van der Waals surface area contributed by atoms with E-state index in [2.05, 4.69) is 51.8 Å². The molecule has 0 aliphatic carbocycles. The first-order valence-electron chi connectivity index (χ1n) is 9.78. The SMILES string of the molecule is CN1CCC(CNC(=O)Nc2cccc3cnccc23)(c2ccccc2)CC1. The van der Waals surface area contributed by atoms with Crippen molar-refractivity contribution in [1.82, 2.24) is 15.2 Å². The fourth-order valence-electron chi connectivity index (χ4n) is 4.05. The van der Waals surface area contributed by atoms with E-state index < -0.39 is 0 Å². The van der Waals surface area contributed by atoms with Crippen LogP contribution in [0, 0.1) is 0 Å². The molecule has 1 aliphatic heterocycles. The maximum atomic E-state index is 12.7. The molecule has 28 heavy (non-hydrogen) atoms. The molecule has 0 radical (unpaired) electrons. The normalized spacial score (nSPS) is 16.6. The van der Waals surface area contributed by atoms with E-state index in [1.54, 1.807) is 12.4 Å². The highest BCUT2D eigenvalue weighted by atomic mass is 16.2. The molecule has 1 saturated heterocycles. The molecule has 1 fully saturated rings. The van der Waals surface area contributed by atoms with Crippen LogP contribution in [0.15, 0.2) is 67.0 Å². The van der Waals surface area contributed by atoms with Crippen LogP contribution in [0.2, 0.25) is 0 Å². The van der Waals surface area contributed by atoms with E-state index in [1.807, 2.05) is 30.3 Å². The molecule has 2 aromatic carbocycles. The zero-order chi connectivity index (χ0) is 19.4. The van der Waals surface area contributed by atoms with Gasteiger partial charge in [-0.15, -0.1) is 0 Å². The number of hydrogen-bond donors (Lipinski definition) is 2. The van der Waals surface area contributed by atoms with Crippen LogP contribution in [0.5, 0.6) is 0 Å². The zero-order valence-corrected chi connectivity index (χ0v) is 16.2. The number of likely N-dealkylation sites (tertiary alicyclic amines) is 1. The standard InChI is InChI=1S/C23H26N4O/c1-27-14-11-23(12-15-27,19-7-3-2-4-8-19)17-25-22(28)26-21-9-5-6-18-16-24-13-10-20(18)21/h2-10,13,16H,11-12,14-15,17H2,1H3,(H2,25,26,28). The van der Waals surface area contributed by atoms with E-state index in [-0.39, 0.29) is 11.4 Å². The third-order valence-electron chi connectivity index (χ3n) is 5.85. The highest BCUT2D eigenvalue weighted by Crippen LogP contribution is 2.34. The maximum Gasteiger partial charge on any atom is 0.319 e. The van der Waals surface area contributed by atoms with Gasteiger partial charge in [0.05, 0.1) is 5.69 Å². The van der Waals surface area contributed by atoms with E-state index in [1.165, 1.54) is 5.56 Å². The second kappa shape index (κ2) is 7.98. The van der Waals surface area contributed by atoms with Crippen LogP contribution in [-0.4, -0.2) is 42.6 Å². The summed E-state index contributed by atoms with van der Waals surface area (Å²) in [7, 11) is 2.16. The lowest BCUT2D eigenvalue weighted by atomic mass is 9.72. The molecular formula is C23H26N4O. The van der Waals surface area contributed by atoms with Crippen molar-refractivity contribution < 1.29 is 4.79 Å². The summed E-state index contributed by atoms with van der Waals surface area (Å²) in [6, 6.07) is 18.2. The van der Waals surface area contributed by atoms with Crippen LogP contribution in [0.25, 0.3) is 10.8 Å². The van der Waals surface area contributed by atoms with Gasteiger partial charge in [-0.1, -0.05) is 42.5 Å². The molecule has 0 bridgehead atoms. The minimum Gasteiger partial charge on any atom is -0.337 e. The number of urea groups is 1. The van der Waals surface area contributed by atoms with Gasteiger partial charge in [0.15, 0.2) is 0 Å². The second-order valence-electron chi connectivity index (χ2n) is 7.66. The fraction of sp³-hybridized carbons (Fsp3) is 0.304. The van der Waals surface area contributed by atoms with Crippen LogP contribution in [0.3, 0.4) is 0 Å². The zero-order valence-electron chi connectivity index (χ0n) is 16.2. The number of hydrogen-bond acceptors (Lipinski definition) is 3. The summed E-state index contributed by atoms with van der Waals surface area (Å²) in [6.45, 7) is 2.70.